The number of para-hydroxylation sites is 1. The minimum atomic E-state index is -1.15. The van der Waals surface area contributed by atoms with Crippen molar-refractivity contribution in [3.63, 3.8) is 0 Å². The van der Waals surface area contributed by atoms with E-state index in [4.69, 9.17) is 20.4 Å². The van der Waals surface area contributed by atoms with Gasteiger partial charge in [0, 0.05) is 72.7 Å². The minimum absolute atomic E-state index is 0.0338. The number of amides is 1. The largest absolute Gasteiger partial charge is 0.476 e. The summed E-state index contributed by atoms with van der Waals surface area (Å²) in [6, 6.07) is 17.1. The molecule has 318 valence electrons. The Morgan fingerprint density at radius 1 is 1.03 bits per heavy atom. The number of aliphatic imine (C=N–C) groups is 2. The van der Waals surface area contributed by atoms with Gasteiger partial charge in [0.1, 0.15) is 12.1 Å². The number of thioether (sulfide) groups is 1. The number of aldehydes is 1. The molecular formula is C47H59N7O5S. The Morgan fingerprint density at radius 3 is 2.52 bits per heavy atom. The number of carboxylic acid groups (broad SMARTS) is 1. The first kappa shape index (κ1) is 43.2. The molecule has 60 heavy (non-hydrogen) atoms. The van der Waals surface area contributed by atoms with Gasteiger partial charge in [0.15, 0.2) is 5.69 Å². The third-order valence-corrected chi connectivity index (χ3v) is 14.0. The van der Waals surface area contributed by atoms with Crippen molar-refractivity contribution in [3.8, 4) is 0 Å². The van der Waals surface area contributed by atoms with Crippen LogP contribution in [0.1, 0.15) is 103 Å². The molecule has 2 heterocycles. The summed E-state index contributed by atoms with van der Waals surface area (Å²) in [5.74, 6) is -0.453. The second-order valence-corrected chi connectivity index (χ2v) is 19.4. The van der Waals surface area contributed by atoms with Gasteiger partial charge in [0.2, 0.25) is 0 Å². The highest BCUT2D eigenvalue weighted by molar-refractivity contribution is 7.99. The monoisotopic (exact) mass is 833 g/mol. The maximum atomic E-state index is 13.5. The molecule has 4 saturated carbocycles. The lowest BCUT2D eigenvalue weighted by Gasteiger charge is -2.69. The Morgan fingerprint density at radius 2 is 1.80 bits per heavy atom. The Hall–Kier alpha value is -4.85. The van der Waals surface area contributed by atoms with Gasteiger partial charge in [0.05, 0.1) is 23.8 Å². The molecule has 5 aliphatic rings. The van der Waals surface area contributed by atoms with Crippen molar-refractivity contribution in [2.45, 2.75) is 89.2 Å². The van der Waals surface area contributed by atoms with Gasteiger partial charge in [-0.3, -0.25) is 14.8 Å². The molecule has 1 aliphatic heterocycles. The number of carbonyl (C=O) groups is 3. The molecule has 1 aromatic heterocycles. The summed E-state index contributed by atoms with van der Waals surface area (Å²) in [5, 5.41) is 13.6. The first-order valence-corrected chi connectivity index (χ1v) is 22.0. The summed E-state index contributed by atoms with van der Waals surface area (Å²) in [7, 11) is 2.03. The highest BCUT2D eigenvalue weighted by Crippen LogP contribution is 2.71. The van der Waals surface area contributed by atoms with E-state index in [1.165, 1.54) is 24.4 Å². The fraction of sp³-hybridized carbons (Fsp3) is 0.489. The molecule has 0 spiro atoms. The van der Waals surface area contributed by atoms with Crippen molar-refractivity contribution in [2.75, 3.05) is 50.6 Å². The van der Waals surface area contributed by atoms with Gasteiger partial charge in [-0.15, -0.1) is 11.8 Å². The minimum Gasteiger partial charge on any atom is -0.476 e. The summed E-state index contributed by atoms with van der Waals surface area (Å²) >= 11 is 1.48. The molecule has 4 aliphatic carbocycles. The van der Waals surface area contributed by atoms with Crippen molar-refractivity contribution in [1.29, 1.82) is 0 Å². The van der Waals surface area contributed by atoms with E-state index in [1.54, 1.807) is 6.07 Å². The second kappa shape index (κ2) is 17.6. The highest BCUT2D eigenvalue weighted by atomic mass is 32.2. The molecule has 1 amide bonds. The predicted octanol–water partition coefficient (Wildman–Crippen LogP) is 7.57. The molecule has 8 rings (SSSR count). The number of benzene rings is 2. The summed E-state index contributed by atoms with van der Waals surface area (Å²) in [6.45, 7) is 14.2. The molecule has 4 N–H and O–H groups in total. The Balaban J connectivity index is 1.06. The van der Waals surface area contributed by atoms with Crippen LogP contribution in [-0.2, 0) is 22.5 Å². The number of hydrogen-bond donors (Lipinski definition) is 3. The number of aromatic nitrogens is 1. The number of hydrogen-bond acceptors (Lipinski definition) is 11. The number of nitrogens with one attached hydrogen (secondary N) is 1. The lowest BCUT2D eigenvalue weighted by Crippen LogP contribution is -2.64. The maximum Gasteiger partial charge on any atom is 0.355 e. The lowest BCUT2D eigenvalue weighted by molar-refractivity contribution is -0.242. The van der Waals surface area contributed by atoms with Crippen LogP contribution in [0.3, 0.4) is 0 Å². The molecule has 4 fully saturated rings. The summed E-state index contributed by atoms with van der Waals surface area (Å²) in [6.07, 6.45) is 10.00. The fourth-order valence-electron chi connectivity index (χ4n) is 11.7. The van der Waals surface area contributed by atoms with Crippen LogP contribution in [0.5, 0.6) is 0 Å². The summed E-state index contributed by atoms with van der Waals surface area (Å²) in [4.78, 5) is 56.4. The van der Waals surface area contributed by atoms with Crippen LogP contribution >= 0.6 is 11.8 Å². The van der Waals surface area contributed by atoms with Crippen LogP contribution in [0.2, 0.25) is 0 Å². The van der Waals surface area contributed by atoms with Crippen molar-refractivity contribution < 1.29 is 24.2 Å². The van der Waals surface area contributed by atoms with Crippen molar-refractivity contribution in [1.82, 2.24) is 15.2 Å². The van der Waals surface area contributed by atoms with E-state index in [-0.39, 0.29) is 33.4 Å². The summed E-state index contributed by atoms with van der Waals surface area (Å²) in [5.41, 5.74) is 11.2. The van der Waals surface area contributed by atoms with E-state index in [1.807, 2.05) is 67.4 Å². The van der Waals surface area contributed by atoms with Gasteiger partial charge in [-0.05, 0) is 123 Å². The van der Waals surface area contributed by atoms with Gasteiger partial charge in [-0.1, -0.05) is 38.1 Å². The van der Waals surface area contributed by atoms with Crippen LogP contribution in [0.15, 0.2) is 75.7 Å². The Bertz CT molecular complexity index is 2190. The molecule has 0 radical (unpaired) electrons. The molecule has 4 bridgehead atoms. The number of nitrogens with two attached hydrogens (primary N) is 1. The quantitative estimate of drug-likeness (QED) is 0.0505. The first-order chi connectivity index (χ1) is 28.7. The number of rotatable bonds is 18. The topological polar surface area (TPSA) is 163 Å². The van der Waals surface area contributed by atoms with Crippen molar-refractivity contribution in [2.24, 2.45) is 32.0 Å². The molecular weight excluding hydrogens is 775 g/mol. The molecule has 13 heteroatoms. The van der Waals surface area contributed by atoms with Gasteiger partial charge < -0.3 is 35.5 Å². The van der Waals surface area contributed by atoms with Gasteiger partial charge >= 0.3 is 5.97 Å². The van der Waals surface area contributed by atoms with Crippen molar-refractivity contribution in [3.05, 3.63) is 88.7 Å². The van der Waals surface area contributed by atoms with Crippen LogP contribution in [0, 0.1) is 16.2 Å². The lowest BCUT2D eigenvalue weighted by atomic mass is 9.39. The highest BCUT2D eigenvalue weighted by Gasteiger charge is 2.66. The fourth-order valence-corrected chi connectivity index (χ4v) is 12.5. The standard InChI is InChI=1S/C47H59N7O5S/c1-32(50-30-46-25-44(2)24-45(3,26-46)28-47(27-44,29-46)59-21-19-53(5)17-9-20-55)36(22-48)34-14-15-40(52-41(34)43(57)58)54-18-16-33-10-8-11-35(37(33)23-54)42(56)51-31-60-39-13-7-6-12-38(39)49-4/h6-8,10-15,20,22H,4,9,16-19,21,23-31,48H2,1-3,5H3,(H,51,56)(H,57,58). The average Bonchev–Trinajstić information content (AvgIpc) is 3.20. The van der Waals surface area contributed by atoms with Gasteiger partial charge in [-0.2, -0.15) is 0 Å². The normalized spacial score (nSPS) is 25.9. The average molecular weight is 834 g/mol. The van der Waals surface area contributed by atoms with E-state index < -0.39 is 5.97 Å². The van der Waals surface area contributed by atoms with E-state index in [0.29, 0.717) is 73.2 Å². The number of nitrogens with zero attached hydrogens (tertiary/aromatic N) is 5. The van der Waals surface area contributed by atoms with Crippen LogP contribution in [0.4, 0.5) is 11.5 Å². The second-order valence-electron chi connectivity index (χ2n) is 18.4. The number of carbonyl (C=O) groups excluding carboxylic acids is 2. The smallest absolute Gasteiger partial charge is 0.355 e. The van der Waals surface area contributed by atoms with E-state index in [2.05, 4.69) is 35.8 Å². The number of ether oxygens (including phenoxy) is 1. The van der Waals surface area contributed by atoms with Crippen LogP contribution in [0.25, 0.3) is 5.57 Å². The molecule has 12 nitrogen and oxygen atoms in total. The zero-order chi connectivity index (χ0) is 42.7. The Kier molecular flexibility index (Phi) is 12.7. The molecule has 2 aromatic carbocycles. The van der Waals surface area contributed by atoms with Gasteiger partial charge in [0.25, 0.3) is 5.91 Å². The zero-order valence-corrected chi connectivity index (χ0v) is 36.3. The molecule has 2 unspecified atom stereocenters. The number of pyridine rings is 1. The van der Waals surface area contributed by atoms with E-state index >= 15 is 0 Å². The number of likely N-dealkylation sites (N-methyl/N-ethyl adjacent to an activating group) is 1. The Labute approximate surface area is 358 Å². The first-order valence-electron chi connectivity index (χ1n) is 21.0. The van der Waals surface area contributed by atoms with Gasteiger partial charge in [-0.25, -0.2) is 9.78 Å². The molecule has 0 saturated heterocycles. The van der Waals surface area contributed by atoms with E-state index in [9.17, 15) is 19.5 Å². The predicted molar refractivity (Wildman–Crippen MR) is 240 cm³/mol. The molecule has 3 aromatic rings. The third-order valence-electron chi connectivity index (χ3n) is 13.1. The summed E-state index contributed by atoms with van der Waals surface area (Å²) < 4.78 is 6.86. The third kappa shape index (κ3) is 9.23. The zero-order valence-electron chi connectivity index (χ0n) is 35.5. The molecule has 2 atom stereocenters. The van der Waals surface area contributed by atoms with Crippen molar-refractivity contribution >= 4 is 59.4 Å². The SMILES string of the molecule is C=Nc1ccccc1SCNC(=O)c1cccc2c1CN(c1ccc(C(=CN)C(C)=NCC34CC5(C)CC(C)(C3)CC(OCCN(C)CCC=O)(C5)C4)c(C(=O)O)n1)CC2. The number of aromatic carboxylic acids is 1. The number of anilines is 1. The van der Waals surface area contributed by atoms with E-state index in [0.717, 1.165) is 73.2 Å². The van der Waals surface area contributed by atoms with Crippen LogP contribution < -0.4 is 16.0 Å². The number of allylic oxidation sites excluding steroid dienone is 1. The van der Waals surface area contributed by atoms with Crippen LogP contribution in [-0.4, -0.2) is 96.9 Å². The maximum absolute atomic E-state index is 13.5. The number of carboxylic acids is 1. The number of fused-ring (bicyclic) bond motifs is 1.